The molecule has 2 atom stereocenters. The molecule has 0 aromatic heterocycles. The van der Waals surface area contributed by atoms with Crippen LogP contribution in [0.4, 0.5) is 0 Å². The molecular weight excluding hydrogens is 492 g/mol. The van der Waals surface area contributed by atoms with Crippen molar-refractivity contribution in [2.45, 2.75) is 128 Å². The van der Waals surface area contributed by atoms with Crippen molar-refractivity contribution < 1.29 is 0 Å². The topological polar surface area (TPSA) is 0 Å². The van der Waals surface area contributed by atoms with Gasteiger partial charge in [-0.1, -0.05) is 179 Å². The van der Waals surface area contributed by atoms with Crippen molar-refractivity contribution >= 4 is 0 Å². The molecule has 0 radical (unpaired) electrons. The van der Waals surface area contributed by atoms with Crippen molar-refractivity contribution in [1.29, 1.82) is 0 Å². The van der Waals surface area contributed by atoms with Gasteiger partial charge in [0.15, 0.2) is 0 Å². The van der Waals surface area contributed by atoms with E-state index in [0.717, 1.165) is 24.7 Å². The Hall–Kier alpha value is -2.34. The van der Waals surface area contributed by atoms with Crippen LogP contribution in [0.15, 0.2) is 89.5 Å². The van der Waals surface area contributed by atoms with Crippen molar-refractivity contribution in [2.24, 2.45) is 22.7 Å². The van der Waals surface area contributed by atoms with Crippen LogP contribution in [0, 0.1) is 29.6 Å². The maximum Gasteiger partial charge on any atom is 0.0215 e. The highest BCUT2D eigenvalue weighted by molar-refractivity contribution is 5.48. The van der Waals surface area contributed by atoms with Crippen molar-refractivity contribution in [3.63, 3.8) is 0 Å². The fourth-order valence-corrected chi connectivity index (χ4v) is 4.82. The first-order valence-electron chi connectivity index (χ1n) is 16.1. The Bertz CT molecular complexity index is 1130. The molecule has 0 heterocycles. The predicted molar refractivity (Wildman–Crippen MR) is 187 cm³/mol. The highest BCUT2D eigenvalue weighted by atomic mass is 14.3. The van der Waals surface area contributed by atoms with Gasteiger partial charge in [0, 0.05) is 5.41 Å². The highest BCUT2D eigenvalue weighted by Crippen LogP contribution is 2.39. The van der Waals surface area contributed by atoms with Gasteiger partial charge < -0.3 is 0 Å². The summed E-state index contributed by atoms with van der Waals surface area (Å²) in [6, 6.07) is 19.8. The Morgan fingerprint density at radius 3 is 1.78 bits per heavy atom. The average Bonchev–Trinajstić information content (AvgIpc) is 3.08. The van der Waals surface area contributed by atoms with Gasteiger partial charge in [0.1, 0.15) is 0 Å². The minimum atomic E-state index is -0.0459. The third kappa shape index (κ3) is 12.2. The number of allylic oxidation sites excluding steroid dienone is 6. The maximum absolute atomic E-state index is 2.40. The van der Waals surface area contributed by atoms with E-state index in [0.29, 0.717) is 10.8 Å². The van der Waals surface area contributed by atoms with Crippen LogP contribution in [-0.4, -0.2) is 0 Å². The van der Waals surface area contributed by atoms with Crippen molar-refractivity contribution in [2.75, 3.05) is 0 Å². The lowest BCUT2D eigenvalue weighted by atomic mass is 9.70. The van der Waals surface area contributed by atoms with Crippen molar-refractivity contribution in [3.05, 3.63) is 106 Å². The third-order valence-electron chi connectivity index (χ3n) is 9.76. The summed E-state index contributed by atoms with van der Waals surface area (Å²) in [5.74, 6) is 1.66. The van der Waals surface area contributed by atoms with Crippen LogP contribution in [0.25, 0.3) is 0 Å². The molecule has 0 heteroatoms. The van der Waals surface area contributed by atoms with Crippen LogP contribution in [0.3, 0.4) is 0 Å². The van der Waals surface area contributed by atoms with Gasteiger partial charge in [0.05, 0.1) is 0 Å². The van der Waals surface area contributed by atoms with E-state index in [4.69, 9.17) is 0 Å². The standard InChI is InChI=1S/C25H28.2C8H18/c1-19-9-8-12-23(16-19)25(4,18-22-10-6-5-7-11-22)24-14-13-20(2)15-21(3)17-24;1-6-7(2)8(3,4)5;1-6-8(4,5)7(2)3/h5-14,16-17H,15,18H2,1-4H3;2*7H,6H2,1-5H3. The molecule has 2 unspecified atom stereocenters. The molecule has 1 aliphatic carbocycles. The summed E-state index contributed by atoms with van der Waals surface area (Å²) in [4.78, 5) is 0. The fourth-order valence-electron chi connectivity index (χ4n) is 4.82. The van der Waals surface area contributed by atoms with Crippen LogP contribution < -0.4 is 0 Å². The van der Waals surface area contributed by atoms with E-state index in [-0.39, 0.29) is 5.41 Å². The molecule has 0 fully saturated rings. The molecule has 41 heavy (non-hydrogen) atoms. The monoisotopic (exact) mass is 557 g/mol. The Balaban J connectivity index is 0.000000433. The van der Waals surface area contributed by atoms with Gasteiger partial charge in [-0.2, -0.15) is 0 Å². The number of hydrogen-bond donors (Lipinski definition) is 0. The zero-order chi connectivity index (χ0) is 31.4. The number of aryl methyl sites for hydroxylation is 1. The minimum absolute atomic E-state index is 0.0459. The molecule has 1 aliphatic rings. The summed E-state index contributed by atoms with van der Waals surface area (Å²) in [5.41, 5.74) is 9.35. The SMILES string of the molecule is CC1=CC=C(C(C)(Cc2ccccc2)c2cccc(C)c2)C=C(C)C1.CCC(C)(C)C(C)C.CCC(C)C(C)(C)C. The van der Waals surface area contributed by atoms with Crippen LogP contribution in [0.1, 0.15) is 126 Å². The summed E-state index contributed by atoms with van der Waals surface area (Å²) >= 11 is 0. The smallest absolute Gasteiger partial charge is 0.0215 e. The summed E-state index contributed by atoms with van der Waals surface area (Å²) in [7, 11) is 0. The Morgan fingerprint density at radius 2 is 1.34 bits per heavy atom. The van der Waals surface area contributed by atoms with E-state index < -0.39 is 0 Å². The molecule has 0 saturated carbocycles. The molecule has 2 aromatic carbocycles. The molecular formula is C41H64. The van der Waals surface area contributed by atoms with Crippen molar-refractivity contribution in [3.8, 4) is 0 Å². The zero-order valence-electron chi connectivity index (χ0n) is 29.4. The number of rotatable bonds is 7. The summed E-state index contributed by atoms with van der Waals surface area (Å²) in [6.07, 6.45) is 11.7. The van der Waals surface area contributed by atoms with E-state index >= 15 is 0 Å². The molecule has 0 spiro atoms. The van der Waals surface area contributed by atoms with E-state index in [2.05, 4.69) is 170 Å². The molecule has 0 bridgehead atoms. The first-order valence-corrected chi connectivity index (χ1v) is 16.1. The summed E-state index contributed by atoms with van der Waals surface area (Å²) < 4.78 is 0. The van der Waals surface area contributed by atoms with Gasteiger partial charge in [-0.3, -0.25) is 0 Å². The average molecular weight is 557 g/mol. The van der Waals surface area contributed by atoms with Gasteiger partial charge in [-0.25, -0.2) is 0 Å². The predicted octanol–water partition coefficient (Wildman–Crippen LogP) is 12.9. The highest BCUT2D eigenvalue weighted by Gasteiger charge is 2.31. The van der Waals surface area contributed by atoms with E-state index in [9.17, 15) is 0 Å². The van der Waals surface area contributed by atoms with Gasteiger partial charge in [-0.05, 0) is 73.0 Å². The third-order valence-corrected chi connectivity index (χ3v) is 9.76. The van der Waals surface area contributed by atoms with Crippen molar-refractivity contribution in [1.82, 2.24) is 0 Å². The second kappa shape index (κ2) is 16.3. The Kier molecular flexibility index (Phi) is 14.6. The second-order valence-electron chi connectivity index (χ2n) is 14.8. The normalized spacial score (nSPS) is 16.0. The van der Waals surface area contributed by atoms with Gasteiger partial charge in [-0.15, -0.1) is 0 Å². The van der Waals surface area contributed by atoms with Crippen LogP contribution >= 0.6 is 0 Å². The summed E-state index contributed by atoms with van der Waals surface area (Å²) in [6.45, 7) is 31.9. The second-order valence-corrected chi connectivity index (χ2v) is 14.8. The Morgan fingerprint density at radius 1 is 0.732 bits per heavy atom. The molecule has 0 saturated heterocycles. The van der Waals surface area contributed by atoms with Crippen LogP contribution in [-0.2, 0) is 11.8 Å². The summed E-state index contributed by atoms with van der Waals surface area (Å²) in [5, 5.41) is 0. The molecule has 0 aliphatic heterocycles. The first kappa shape index (κ1) is 36.7. The van der Waals surface area contributed by atoms with Crippen LogP contribution in [0.2, 0.25) is 0 Å². The molecule has 0 nitrogen and oxygen atoms in total. The van der Waals surface area contributed by atoms with Gasteiger partial charge in [0.2, 0.25) is 0 Å². The lowest BCUT2D eigenvalue weighted by molar-refractivity contribution is 0.240. The van der Waals surface area contributed by atoms with E-state index in [1.807, 2.05) is 0 Å². The van der Waals surface area contributed by atoms with Gasteiger partial charge >= 0.3 is 0 Å². The quantitative estimate of drug-likeness (QED) is 0.318. The molecule has 2 aromatic rings. The maximum atomic E-state index is 2.40. The van der Waals surface area contributed by atoms with Gasteiger partial charge in [0.25, 0.3) is 0 Å². The number of benzene rings is 2. The first-order chi connectivity index (χ1) is 19.0. The molecule has 228 valence electrons. The molecule has 3 rings (SSSR count). The number of hydrogen-bond acceptors (Lipinski definition) is 0. The fraction of sp³-hybridized carbons (Fsp3) is 0.561. The minimum Gasteiger partial charge on any atom is -0.0693 e. The Labute approximate surface area is 256 Å². The van der Waals surface area contributed by atoms with Crippen LogP contribution in [0.5, 0.6) is 0 Å². The van der Waals surface area contributed by atoms with E-state index in [1.54, 1.807) is 0 Å². The molecule has 0 N–H and O–H groups in total. The zero-order valence-corrected chi connectivity index (χ0v) is 29.4. The molecule has 0 amide bonds. The lowest BCUT2D eigenvalue weighted by Gasteiger charge is -2.33. The van der Waals surface area contributed by atoms with E-state index in [1.165, 1.54) is 46.3 Å². The lowest BCUT2D eigenvalue weighted by Crippen LogP contribution is -2.27. The largest absolute Gasteiger partial charge is 0.0693 e.